The Morgan fingerprint density at radius 1 is 1.41 bits per heavy atom. The summed E-state index contributed by atoms with van der Waals surface area (Å²) < 4.78 is 17.5. The van der Waals surface area contributed by atoms with Crippen molar-refractivity contribution in [2.24, 2.45) is 0 Å². The average molecular weight is 247 g/mol. The molecular weight excluding hydrogens is 233 g/mol. The Kier molecular flexibility index (Phi) is 2.27. The smallest absolute Gasteiger partial charge is 0.121 e. The molecule has 4 heteroatoms. The molecule has 0 amide bonds. The number of rotatable bonds is 1. The highest BCUT2D eigenvalue weighted by Gasteiger charge is 2.30. The molecule has 0 fully saturated rings. The Labute approximate surface area is 100 Å². The van der Waals surface area contributed by atoms with Crippen molar-refractivity contribution < 1.29 is 9.30 Å². The third-order valence-electron chi connectivity index (χ3n) is 3.46. The van der Waals surface area contributed by atoms with Crippen LogP contribution in [0, 0.1) is 0 Å². The van der Waals surface area contributed by atoms with Crippen molar-refractivity contribution in [2.75, 3.05) is 19.9 Å². The summed E-state index contributed by atoms with van der Waals surface area (Å²) in [5.41, 5.74) is 2.13. The maximum Gasteiger partial charge on any atom is 0.121 e. The molecule has 0 spiro atoms. The highest BCUT2D eigenvalue weighted by atomic mass is 31.2. The first-order valence-electron chi connectivity index (χ1n) is 5.64. The van der Waals surface area contributed by atoms with Gasteiger partial charge in [0.25, 0.3) is 0 Å². The van der Waals surface area contributed by atoms with Gasteiger partial charge >= 0.3 is 0 Å². The molecule has 0 saturated carbocycles. The van der Waals surface area contributed by atoms with Gasteiger partial charge in [-0.15, -0.1) is 0 Å². The van der Waals surface area contributed by atoms with Crippen LogP contribution in [0.4, 0.5) is 0 Å². The van der Waals surface area contributed by atoms with Gasteiger partial charge in [-0.05, 0) is 30.8 Å². The fourth-order valence-corrected chi connectivity index (χ4v) is 4.46. The summed E-state index contributed by atoms with van der Waals surface area (Å²) in [6.45, 7) is 1.86. The molecule has 0 N–H and O–H groups in total. The first-order valence-corrected chi connectivity index (χ1v) is 7.98. The highest BCUT2D eigenvalue weighted by Crippen LogP contribution is 2.47. The van der Waals surface area contributed by atoms with E-state index in [1.54, 1.807) is 13.3 Å². The lowest BCUT2D eigenvalue weighted by Crippen LogP contribution is -2.05. The number of hydrogen-bond acceptors (Lipinski definition) is 3. The molecule has 3 nitrogen and oxygen atoms in total. The molecule has 0 bridgehead atoms. The van der Waals surface area contributed by atoms with E-state index in [2.05, 4.69) is 4.98 Å². The summed E-state index contributed by atoms with van der Waals surface area (Å²) in [4.78, 5) is 4.40. The van der Waals surface area contributed by atoms with Gasteiger partial charge in [-0.1, -0.05) is 0 Å². The normalized spacial score (nSPS) is 22.7. The number of hydrogen-bond donors (Lipinski definition) is 0. The summed E-state index contributed by atoms with van der Waals surface area (Å²) in [5, 5.41) is 2.08. The molecule has 0 aliphatic carbocycles. The summed E-state index contributed by atoms with van der Waals surface area (Å²) in [6, 6.07) is 5.88. The molecule has 2 heterocycles. The lowest BCUT2D eigenvalue weighted by atomic mass is 10.1. The van der Waals surface area contributed by atoms with Crippen LogP contribution in [0.25, 0.3) is 10.9 Å². The lowest BCUT2D eigenvalue weighted by Gasteiger charge is -2.08. The van der Waals surface area contributed by atoms with E-state index in [4.69, 9.17) is 4.74 Å². The van der Waals surface area contributed by atoms with Gasteiger partial charge < -0.3 is 9.30 Å². The van der Waals surface area contributed by atoms with Crippen LogP contribution in [0.3, 0.4) is 0 Å². The van der Waals surface area contributed by atoms with E-state index in [9.17, 15) is 4.57 Å². The van der Waals surface area contributed by atoms with E-state index in [0.29, 0.717) is 0 Å². The zero-order chi connectivity index (χ0) is 12.0. The highest BCUT2D eigenvalue weighted by molar-refractivity contribution is 7.71. The second kappa shape index (κ2) is 3.58. The Balaban J connectivity index is 2.31. The summed E-state index contributed by atoms with van der Waals surface area (Å²) in [5.74, 6) is 0.808. The summed E-state index contributed by atoms with van der Waals surface area (Å²) in [6.07, 6.45) is 3.45. The van der Waals surface area contributed by atoms with Gasteiger partial charge in [0.15, 0.2) is 0 Å². The van der Waals surface area contributed by atoms with Gasteiger partial charge in [0, 0.05) is 29.1 Å². The number of methoxy groups -OCH3 is 1. The molecule has 0 saturated heterocycles. The number of fused-ring (bicyclic) bond motifs is 3. The van der Waals surface area contributed by atoms with Gasteiger partial charge in [0.1, 0.15) is 12.9 Å². The van der Waals surface area contributed by atoms with Crippen LogP contribution in [-0.4, -0.2) is 24.9 Å². The van der Waals surface area contributed by atoms with Crippen molar-refractivity contribution >= 4 is 23.3 Å². The largest absolute Gasteiger partial charge is 0.497 e. The van der Waals surface area contributed by atoms with E-state index in [1.807, 2.05) is 24.9 Å². The minimum absolute atomic E-state index is 0.773. The molecule has 1 aliphatic heterocycles. The average Bonchev–Trinajstić information content (AvgIpc) is 2.65. The molecule has 88 valence electrons. The first kappa shape index (κ1) is 10.8. The molecule has 1 aromatic heterocycles. The van der Waals surface area contributed by atoms with Crippen LogP contribution in [0.15, 0.2) is 24.4 Å². The van der Waals surface area contributed by atoms with Crippen molar-refractivity contribution in [3.8, 4) is 5.75 Å². The van der Waals surface area contributed by atoms with Crippen LogP contribution in [0.2, 0.25) is 0 Å². The number of nitrogens with zero attached hydrogens (tertiary/aromatic N) is 1. The molecule has 3 rings (SSSR count). The second-order valence-electron chi connectivity index (χ2n) is 4.58. The third kappa shape index (κ3) is 1.57. The van der Waals surface area contributed by atoms with Gasteiger partial charge in [0.2, 0.25) is 0 Å². The van der Waals surface area contributed by atoms with Crippen LogP contribution in [-0.2, 0) is 11.0 Å². The van der Waals surface area contributed by atoms with E-state index < -0.39 is 7.14 Å². The van der Waals surface area contributed by atoms with Crippen LogP contribution < -0.4 is 10.0 Å². The molecule has 0 unspecified atom stereocenters. The van der Waals surface area contributed by atoms with Crippen LogP contribution in [0.1, 0.15) is 5.56 Å². The molecule has 1 aliphatic rings. The number of aryl methyl sites for hydroxylation is 1. The van der Waals surface area contributed by atoms with E-state index in [0.717, 1.165) is 34.5 Å². The van der Waals surface area contributed by atoms with E-state index >= 15 is 0 Å². The molecular formula is C13H14NO2P. The molecule has 1 aromatic carbocycles. The van der Waals surface area contributed by atoms with Gasteiger partial charge in [-0.2, -0.15) is 0 Å². The molecule has 1 atom stereocenters. The monoisotopic (exact) mass is 247 g/mol. The number of benzene rings is 1. The zero-order valence-corrected chi connectivity index (χ0v) is 10.8. The van der Waals surface area contributed by atoms with Crippen molar-refractivity contribution in [3.63, 3.8) is 0 Å². The maximum absolute atomic E-state index is 12.3. The molecule has 2 aromatic rings. The minimum Gasteiger partial charge on any atom is -0.497 e. The van der Waals surface area contributed by atoms with E-state index in [1.165, 1.54) is 5.56 Å². The lowest BCUT2D eigenvalue weighted by molar-refractivity contribution is 0.415. The molecule has 17 heavy (non-hydrogen) atoms. The first-order chi connectivity index (χ1) is 8.12. The van der Waals surface area contributed by atoms with Crippen molar-refractivity contribution in [1.82, 2.24) is 4.98 Å². The van der Waals surface area contributed by atoms with Crippen LogP contribution in [0.5, 0.6) is 5.75 Å². The predicted octanol–water partition coefficient (Wildman–Crippen LogP) is 2.42. The second-order valence-corrected chi connectivity index (χ2v) is 7.71. The number of ether oxygens (including phenoxy) is 1. The number of pyridine rings is 1. The molecule has 0 radical (unpaired) electrons. The van der Waals surface area contributed by atoms with Gasteiger partial charge in [-0.25, -0.2) is 0 Å². The van der Waals surface area contributed by atoms with Crippen molar-refractivity contribution in [2.45, 2.75) is 6.42 Å². The standard InChI is InChI=1S/C13H14NO2P/c1-16-9-3-4-10-11-5-6-17(2,15)13(11)8-14-12(10)7-9/h3-4,7-8H,5-6H2,1-2H3/t17-/m1/s1. The Bertz CT molecular complexity index is 651. The maximum atomic E-state index is 12.3. The zero-order valence-electron chi connectivity index (χ0n) is 9.93. The van der Waals surface area contributed by atoms with E-state index in [-0.39, 0.29) is 0 Å². The Hall–Kier alpha value is -1.34. The van der Waals surface area contributed by atoms with Crippen molar-refractivity contribution in [1.29, 1.82) is 0 Å². The van der Waals surface area contributed by atoms with Gasteiger partial charge in [-0.3, -0.25) is 4.98 Å². The van der Waals surface area contributed by atoms with Crippen molar-refractivity contribution in [3.05, 3.63) is 30.0 Å². The third-order valence-corrected chi connectivity index (χ3v) is 5.94. The summed E-state index contributed by atoms with van der Waals surface area (Å²) in [7, 11) is -0.502. The topological polar surface area (TPSA) is 39.2 Å². The Morgan fingerprint density at radius 2 is 2.24 bits per heavy atom. The minimum atomic E-state index is -2.15. The fraction of sp³-hybridized carbons (Fsp3) is 0.308. The predicted molar refractivity (Wildman–Crippen MR) is 70.0 cm³/mol. The van der Waals surface area contributed by atoms with Gasteiger partial charge in [0.05, 0.1) is 12.6 Å². The SMILES string of the molecule is COc1ccc2c3c(cnc2c1)[P@](C)(=O)CC3. The quantitative estimate of drug-likeness (QED) is 0.726. The Morgan fingerprint density at radius 3 is 3.00 bits per heavy atom. The summed E-state index contributed by atoms with van der Waals surface area (Å²) >= 11 is 0. The fourth-order valence-electron chi connectivity index (χ4n) is 2.46. The number of aromatic nitrogens is 1. The van der Waals surface area contributed by atoms with Crippen LogP contribution >= 0.6 is 7.14 Å².